The summed E-state index contributed by atoms with van der Waals surface area (Å²) in [6, 6.07) is 17.7. The number of Topliss-reactive ketones (excluding diaryl/α,β-unsaturated/α-hetero) is 1. The van der Waals surface area contributed by atoms with Crippen LogP contribution >= 0.6 is 46.4 Å². The minimum absolute atomic E-state index is 0.0657. The van der Waals surface area contributed by atoms with Gasteiger partial charge in [-0.25, -0.2) is 4.68 Å². The molecule has 0 aliphatic heterocycles. The third-order valence-corrected chi connectivity index (χ3v) is 7.75. The Bertz CT molecular complexity index is 1470. The molecule has 1 saturated carbocycles. The normalized spacial score (nSPS) is 17.9. The maximum absolute atomic E-state index is 13.1. The van der Waals surface area contributed by atoms with E-state index < -0.39 is 16.2 Å². The molecule has 1 heterocycles. The van der Waals surface area contributed by atoms with Crippen molar-refractivity contribution < 1.29 is 9.59 Å². The summed E-state index contributed by atoms with van der Waals surface area (Å²) in [7, 11) is 0. The Kier molecular flexibility index (Phi) is 7.03. The van der Waals surface area contributed by atoms with E-state index in [4.69, 9.17) is 46.4 Å². The second-order valence-corrected chi connectivity index (χ2v) is 11.3. The fraction of sp³-hybridized carbons (Fsp3) is 0.185. The number of anilines is 1. The predicted octanol–water partition coefficient (Wildman–Crippen LogP) is 6.83. The minimum Gasteiger partial charge on any atom is -0.326 e. The fourth-order valence-electron chi connectivity index (χ4n) is 4.44. The number of benzene rings is 3. The molecule has 0 radical (unpaired) electrons. The summed E-state index contributed by atoms with van der Waals surface area (Å²) < 4.78 is 0.351. The molecule has 5 rings (SSSR count). The molecule has 1 amide bonds. The van der Waals surface area contributed by atoms with Gasteiger partial charge in [-0.05, 0) is 66.1 Å². The summed E-state index contributed by atoms with van der Waals surface area (Å²) in [5.74, 6) is -1.57. The van der Waals surface area contributed by atoms with Gasteiger partial charge in [0.2, 0.25) is 5.91 Å². The molecule has 0 bridgehead atoms. The van der Waals surface area contributed by atoms with Crippen LogP contribution in [0.3, 0.4) is 0 Å². The van der Waals surface area contributed by atoms with Gasteiger partial charge in [-0.2, -0.15) is 0 Å². The largest absolute Gasteiger partial charge is 0.326 e. The molecule has 188 valence electrons. The van der Waals surface area contributed by atoms with Crippen molar-refractivity contribution in [3.63, 3.8) is 0 Å². The monoisotopic (exact) mass is 572 g/mol. The summed E-state index contributed by atoms with van der Waals surface area (Å²) in [5.41, 5.74) is 4.22. The number of alkyl halides is 2. The average Bonchev–Trinajstić information content (AvgIpc) is 3.16. The second-order valence-electron chi connectivity index (χ2n) is 8.97. The van der Waals surface area contributed by atoms with Crippen LogP contribution in [0, 0.1) is 12.8 Å². The summed E-state index contributed by atoms with van der Waals surface area (Å²) in [5, 5.41) is 11.5. The van der Waals surface area contributed by atoms with Crippen LogP contribution in [0.1, 0.15) is 33.0 Å². The first kappa shape index (κ1) is 25.7. The van der Waals surface area contributed by atoms with Gasteiger partial charge in [-0.1, -0.05) is 46.6 Å². The van der Waals surface area contributed by atoms with E-state index in [2.05, 4.69) is 15.6 Å². The topological polar surface area (TPSA) is 76.9 Å². The van der Waals surface area contributed by atoms with Crippen LogP contribution in [0.15, 0.2) is 73.1 Å². The molecule has 1 aromatic heterocycles. The standard InChI is InChI=1S/C27H20Cl4N4O2/c1-15-2-5-20(33-26(37)25-24(27(25,30)31)17-11-18(28)13-19(29)12-17)14-22(15)23(36)10-16-3-6-21(7-4-16)35-9-8-32-34-35/h2-9,11-14,24-25H,10H2,1H3,(H,33,37). The highest BCUT2D eigenvalue weighted by molar-refractivity contribution is 6.53. The number of carbonyl (C=O) groups is 2. The molecule has 1 aliphatic rings. The molecular weight excluding hydrogens is 554 g/mol. The summed E-state index contributed by atoms with van der Waals surface area (Å²) in [4.78, 5) is 26.2. The van der Waals surface area contributed by atoms with Crippen LogP contribution in [0.25, 0.3) is 5.69 Å². The van der Waals surface area contributed by atoms with Crippen LogP contribution in [0.4, 0.5) is 5.69 Å². The van der Waals surface area contributed by atoms with Gasteiger partial charge in [-0.3, -0.25) is 9.59 Å². The van der Waals surface area contributed by atoms with Crippen molar-refractivity contribution in [2.75, 3.05) is 5.32 Å². The molecule has 6 nitrogen and oxygen atoms in total. The summed E-state index contributed by atoms with van der Waals surface area (Å²) in [6.07, 6.45) is 3.56. The highest BCUT2D eigenvalue weighted by Crippen LogP contribution is 2.65. The van der Waals surface area contributed by atoms with E-state index in [0.717, 1.165) is 16.8 Å². The van der Waals surface area contributed by atoms with Crippen LogP contribution in [0.2, 0.25) is 10.0 Å². The van der Waals surface area contributed by atoms with Gasteiger partial charge >= 0.3 is 0 Å². The number of carbonyl (C=O) groups excluding carboxylic acids is 2. The summed E-state index contributed by atoms with van der Waals surface area (Å²) in [6.45, 7) is 1.86. The SMILES string of the molecule is Cc1ccc(NC(=O)C2C(c3cc(Cl)cc(Cl)c3)C2(Cl)Cl)cc1C(=O)Cc1ccc(-n2ccnn2)cc1. The van der Waals surface area contributed by atoms with Gasteiger partial charge in [0.1, 0.15) is 4.33 Å². The maximum atomic E-state index is 13.1. The van der Waals surface area contributed by atoms with E-state index in [1.807, 2.05) is 31.2 Å². The Morgan fingerprint density at radius 1 is 1.00 bits per heavy atom. The van der Waals surface area contributed by atoms with Crippen molar-refractivity contribution in [1.82, 2.24) is 15.0 Å². The molecular formula is C27H20Cl4N4O2. The van der Waals surface area contributed by atoms with Crippen LogP contribution in [0.5, 0.6) is 0 Å². The van der Waals surface area contributed by atoms with Gasteiger partial charge < -0.3 is 5.32 Å². The first-order chi connectivity index (χ1) is 17.6. The molecule has 2 atom stereocenters. The number of ketones is 1. The number of aryl methyl sites for hydroxylation is 1. The molecule has 37 heavy (non-hydrogen) atoms. The van der Waals surface area contributed by atoms with E-state index in [1.165, 1.54) is 0 Å². The number of amides is 1. The van der Waals surface area contributed by atoms with Gasteiger partial charge in [0.15, 0.2) is 5.78 Å². The lowest BCUT2D eigenvalue weighted by Crippen LogP contribution is -2.17. The Balaban J connectivity index is 1.29. The lowest BCUT2D eigenvalue weighted by molar-refractivity contribution is -0.117. The van der Waals surface area contributed by atoms with Gasteiger partial charge in [0.25, 0.3) is 0 Å². The fourth-order valence-corrected chi connectivity index (χ4v) is 5.81. The van der Waals surface area contributed by atoms with Crippen LogP contribution in [-0.2, 0) is 11.2 Å². The zero-order valence-corrected chi connectivity index (χ0v) is 22.5. The quantitative estimate of drug-likeness (QED) is 0.194. The average molecular weight is 574 g/mol. The second kappa shape index (κ2) is 10.1. The predicted molar refractivity (Wildman–Crippen MR) is 146 cm³/mol. The minimum atomic E-state index is -1.29. The first-order valence-corrected chi connectivity index (χ1v) is 12.9. The number of rotatable bonds is 7. The Morgan fingerprint density at radius 2 is 1.70 bits per heavy atom. The molecule has 1 N–H and O–H groups in total. The molecule has 0 spiro atoms. The van der Waals surface area contributed by atoms with Gasteiger partial charge in [-0.15, -0.1) is 28.3 Å². The van der Waals surface area contributed by atoms with Crippen molar-refractivity contribution in [1.29, 1.82) is 0 Å². The van der Waals surface area contributed by atoms with Crippen molar-refractivity contribution in [2.45, 2.75) is 23.6 Å². The number of aromatic nitrogens is 3. The van der Waals surface area contributed by atoms with Crippen LogP contribution in [-0.4, -0.2) is 31.0 Å². The summed E-state index contributed by atoms with van der Waals surface area (Å²) >= 11 is 25.2. The third-order valence-electron chi connectivity index (χ3n) is 6.37. The van der Waals surface area contributed by atoms with E-state index in [1.54, 1.807) is 53.5 Å². The zero-order valence-electron chi connectivity index (χ0n) is 19.5. The smallest absolute Gasteiger partial charge is 0.231 e. The third kappa shape index (κ3) is 5.39. The van der Waals surface area contributed by atoms with E-state index in [9.17, 15) is 9.59 Å². The highest BCUT2D eigenvalue weighted by atomic mass is 35.5. The Labute approximate surface area is 233 Å². The number of halogens is 4. The Morgan fingerprint density at radius 3 is 2.35 bits per heavy atom. The van der Waals surface area contributed by atoms with Crippen molar-refractivity contribution in [2.24, 2.45) is 5.92 Å². The van der Waals surface area contributed by atoms with Gasteiger partial charge in [0.05, 0.1) is 24.0 Å². The number of hydrogen-bond donors (Lipinski definition) is 1. The lowest BCUT2D eigenvalue weighted by atomic mass is 9.98. The number of hydrogen-bond acceptors (Lipinski definition) is 4. The molecule has 10 heteroatoms. The molecule has 1 aliphatic carbocycles. The van der Waals surface area contributed by atoms with E-state index in [-0.39, 0.29) is 18.1 Å². The van der Waals surface area contributed by atoms with Gasteiger partial charge in [0, 0.05) is 33.6 Å². The highest BCUT2D eigenvalue weighted by Gasteiger charge is 2.67. The number of nitrogens with zero attached hydrogens (tertiary/aromatic N) is 3. The molecule has 1 fully saturated rings. The zero-order chi connectivity index (χ0) is 26.3. The lowest BCUT2D eigenvalue weighted by Gasteiger charge is -2.10. The molecule has 2 unspecified atom stereocenters. The molecule has 4 aromatic rings. The maximum Gasteiger partial charge on any atom is 0.231 e. The Hall–Kier alpha value is -2.90. The van der Waals surface area contributed by atoms with E-state index in [0.29, 0.717) is 26.9 Å². The van der Waals surface area contributed by atoms with Crippen LogP contribution < -0.4 is 5.32 Å². The first-order valence-electron chi connectivity index (χ1n) is 11.4. The number of nitrogens with one attached hydrogen (secondary N) is 1. The van der Waals surface area contributed by atoms with E-state index >= 15 is 0 Å². The van der Waals surface area contributed by atoms with Crippen molar-refractivity contribution in [3.8, 4) is 5.69 Å². The molecule has 3 aromatic carbocycles. The van der Waals surface area contributed by atoms with Crippen molar-refractivity contribution >= 4 is 63.8 Å². The van der Waals surface area contributed by atoms with Crippen molar-refractivity contribution in [3.05, 3.63) is 105 Å². The molecule has 0 saturated heterocycles.